The highest BCUT2D eigenvalue weighted by molar-refractivity contribution is 5.69. The smallest absolute Gasteiger partial charge is 0.306 e. The number of nitrogens with zero attached hydrogens (tertiary/aromatic N) is 2. The van der Waals surface area contributed by atoms with Crippen LogP contribution in [0.15, 0.2) is 60.9 Å². The molecule has 0 aliphatic heterocycles. The average molecular weight is 547 g/mol. The van der Waals surface area contributed by atoms with Gasteiger partial charge in [-0.25, -0.2) is 9.97 Å². The minimum Gasteiger partial charge on any atom is -0.490 e. The summed E-state index contributed by atoms with van der Waals surface area (Å²) in [5, 5.41) is 0. The predicted molar refractivity (Wildman–Crippen MR) is 162 cm³/mol. The van der Waals surface area contributed by atoms with Crippen LogP contribution in [0.4, 0.5) is 0 Å². The van der Waals surface area contributed by atoms with Gasteiger partial charge in [-0.3, -0.25) is 4.79 Å². The van der Waals surface area contributed by atoms with Gasteiger partial charge >= 0.3 is 5.97 Å². The highest BCUT2D eigenvalue weighted by Crippen LogP contribution is 2.25. The standard InChI is InChI=1S/C34H46N2O4/c1-4-6-8-10-11-13-23-38-32-24-35-34(36-25-32)30-17-15-28(16-18-30)29-19-21-31(22-20-29)39-26-27(3)40-33(37)14-12-9-7-5-2/h15-22,24-25,27H,4-14,23,26H2,1-3H3/t27-/m1/s1. The first-order valence-corrected chi connectivity index (χ1v) is 15.1. The Kier molecular flexibility index (Phi) is 14.0. The minimum absolute atomic E-state index is 0.149. The molecule has 0 bridgehead atoms. The van der Waals surface area contributed by atoms with Crippen molar-refractivity contribution in [1.29, 1.82) is 0 Å². The summed E-state index contributed by atoms with van der Waals surface area (Å²) in [6.45, 7) is 7.29. The molecular weight excluding hydrogens is 500 g/mol. The van der Waals surface area contributed by atoms with Gasteiger partial charge in [-0.1, -0.05) is 102 Å². The lowest BCUT2D eigenvalue weighted by Gasteiger charge is -2.15. The van der Waals surface area contributed by atoms with Gasteiger partial charge in [0, 0.05) is 12.0 Å². The minimum atomic E-state index is -0.283. The zero-order valence-corrected chi connectivity index (χ0v) is 24.6. The van der Waals surface area contributed by atoms with Crippen molar-refractivity contribution in [3.8, 4) is 34.0 Å². The van der Waals surface area contributed by atoms with Gasteiger partial charge in [0.2, 0.25) is 0 Å². The molecule has 40 heavy (non-hydrogen) atoms. The second kappa shape index (κ2) is 18.0. The lowest BCUT2D eigenvalue weighted by molar-refractivity contribution is -0.149. The van der Waals surface area contributed by atoms with E-state index >= 15 is 0 Å². The summed E-state index contributed by atoms with van der Waals surface area (Å²) < 4.78 is 17.1. The SMILES string of the molecule is CCCCCCCCOc1cnc(-c2ccc(-c3ccc(OC[C@@H](C)OC(=O)CCCCCC)cc3)cc2)nc1. The molecule has 216 valence electrons. The highest BCUT2D eigenvalue weighted by atomic mass is 16.6. The Bertz CT molecular complexity index is 1100. The van der Waals surface area contributed by atoms with Crippen molar-refractivity contribution < 1.29 is 19.0 Å². The molecule has 0 saturated carbocycles. The van der Waals surface area contributed by atoms with Gasteiger partial charge in [-0.05, 0) is 43.0 Å². The van der Waals surface area contributed by atoms with Gasteiger partial charge in [-0.15, -0.1) is 0 Å². The third-order valence-electron chi connectivity index (χ3n) is 6.78. The number of benzene rings is 2. The van der Waals surface area contributed by atoms with Gasteiger partial charge < -0.3 is 14.2 Å². The Morgan fingerprint density at radius 2 is 1.23 bits per heavy atom. The highest BCUT2D eigenvalue weighted by Gasteiger charge is 2.10. The first-order chi connectivity index (χ1) is 19.6. The van der Waals surface area contributed by atoms with Crippen LogP contribution < -0.4 is 9.47 Å². The number of unbranched alkanes of at least 4 members (excludes halogenated alkanes) is 8. The van der Waals surface area contributed by atoms with E-state index < -0.39 is 0 Å². The molecule has 0 spiro atoms. The summed E-state index contributed by atoms with van der Waals surface area (Å²) >= 11 is 0. The van der Waals surface area contributed by atoms with Crippen LogP contribution in [-0.4, -0.2) is 35.3 Å². The number of hydrogen-bond donors (Lipinski definition) is 0. The Balaban J connectivity index is 1.41. The van der Waals surface area contributed by atoms with Gasteiger partial charge in [0.1, 0.15) is 18.5 Å². The van der Waals surface area contributed by atoms with Crippen molar-refractivity contribution >= 4 is 5.97 Å². The van der Waals surface area contributed by atoms with Gasteiger partial charge in [0.25, 0.3) is 0 Å². The molecule has 0 aliphatic rings. The number of esters is 1. The lowest BCUT2D eigenvalue weighted by Crippen LogP contribution is -2.21. The first kappa shape index (κ1) is 31.1. The first-order valence-electron chi connectivity index (χ1n) is 15.1. The van der Waals surface area contributed by atoms with E-state index in [4.69, 9.17) is 14.2 Å². The molecule has 0 N–H and O–H groups in total. The fourth-order valence-corrected chi connectivity index (χ4v) is 4.39. The summed E-state index contributed by atoms with van der Waals surface area (Å²) in [6, 6.07) is 16.1. The van der Waals surface area contributed by atoms with E-state index in [1.54, 1.807) is 12.4 Å². The van der Waals surface area contributed by atoms with Crippen LogP contribution >= 0.6 is 0 Å². The van der Waals surface area contributed by atoms with E-state index in [1.165, 1.54) is 32.1 Å². The second-order valence-corrected chi connectivity index (χ2v) is 10.4. The van der Waals surface area contributed by atoms with Crippen LogP contribution in [0.1, 0.15) is 91.4 Å². The number of aromatic nitrogens is 2. The molecule has 0 aliphatic carbocycles. The summed E-state index contributed by atoms with van der Waals surface area (Å²) in [5.74, 6) is 1.99. The monoisotopic (exact) mass is 546 g/mol. The summed E-state index contributed by atoms with van der Waals surface area (Å²) in [5.41, 5.74) is 3.14. The van der Waals surface area contributed by atoms with Crippen LogP contribution in [0.3, 0.4) is 0 Å². The predicted octanol–water partition coefficient (Wildman–Crippen LogP) is 8.83. The largest absolute Gasteiger partial charge is 0.490 e. The van der Waals surface area contributed by atoms with Crippen LogP contribution in [-0.2, 0) is 9.53 Å². The molecule has 3 aromatic rings. The maximum Gasteiger partial charge on any atom is 0.306 e. The second-order valence-electron chi connectivity index (χ2n) is 10.4. The molecule has 0 amide bonds. The molecule has 3 rings (SSSR count). The number of carbonyl (C=O) groups excluding carboxylic acids is 1. The van der Waals surface area contributed by atoms with Crippen molar-refractivity contribution in [1.82, 2.24) is 9.97 Å². The maximum absolute atomic E-state index is 12.0. The third kappa shape index (κ3) is 11.4. The van der Waals surface area contributed by atoms with Crippen LogP contribution in [0.25, 0.3) is 22.5 Å². The Morgan fingerprint density at radius 3 is 1.88 bits per heavy atom. The van der Waals surface area contributed by atoms with Crippen LogP contribution in [0.5, 0.6) is 11.5 Å². The van der Waals surface area contributed by atoms with E-state index in [-0.39, 0.29) is 12.1 Å². The molecule has 2 aromatic carbocycles. The molecule has 0 unspecified atom stereocenters. The Labute approximate surface area is 240 Å². The topological polar surface area (TPSA) is 70.5 Å². The Morgan fingerprint density at radius 1 is 0.675 bits per heavy atom. The number of hydrogen-bond acceptors (Lipinski definition) is 6. The maximum atomic E-state index is 12.0. The fourth-order valence-electron chi connectivity index (χ4n) is 4.39. The lowest BCUT2D eigenvalue weighted by atomic mass is 10.0. The number of rotatable bonds is 19. The van der Waals surface area contributed by atoms with Crippen molar-refractivity contribution in [2.45, 2.75) is 97.5 Å². The molecule has 6 heteroatoms. The number of carbonyl (C=O) groups is 1. The van der Waals surface area contributed by atoms with E-state index in [2.05, 4.69) is 35.9 Å². The van der Waals surface area contributed by atoms with Crippen molar-refractivity contribution in [3.63, 3.8) is 0 Å². The molecule has 0 fully saturated rings. The summed E-state index contributed by atoms with van der Waals surface area (Å²) in [4.78, 5) is 20.9. The van der Waals surface area contributed by atoms with Gasteiger partial charge in [0.05, 0.1) is 19.0 Å². The van der Waals surface area contributed by atoms with E-state index in [1.807, 2.05) is 43.3 Å². The van der Waals surface area contributed by atoms with Gasteiger partial charge in [0.15, 0.2) is 11.6 Å². The van der Waals surface area contributed by atoms with Crippen LogP contribution in [0.2, 0.25) is 0 Å². The van der Waals surface area contributed by atoms with E-state index in [0.717, 1.165) is 54.5 Å². The average Bonchev–Trinajstić information content (AvgIpc) is 2.98. The van der Waals surface area contributed by atoms with Crippen LogP contribution in [0, 0.1) is 0 Å². The molecule has 6 nitrogen and oxygen atoms in total. The molecule has 0 radical (unpaired) electrons. The Hall–Kier alpha value is -3.41. The zero-order chi connectivity index (χ0) is 28.4. The van der Waals surface area contributed by atoms with Crippen molar-refractivity contribution in [2.24, 2.45) is 0 Å². The van der Waals surface area contributed by atoms with E-state index in [9.17, 15) is 4.79 Å². The molecule has 0 saturated heterocycles. The third-order valence-corrected chi connectivity index (χ3v) is 6.78. The van der Waals surface area contributed by atoms with Gasteiger partial charge in [-0.2, -0.15) is 0 Å². The number of ether oxygens (including phenoxy) is 3. The molecule has 1 aromatic heterocycles. The summed E-state index contributed by atoms with van der Waals surface area (Å²) in [7, 11) is 0. The van der Waals surface area contributed by atoms with Crippen molar-refractivity contribution in [2.75, 3.05) is 13.2 Å². The molecule has 1 heterocycles. The quantitative estimate of drug-likeness (QED) is 0.110. The zero-order valence-electron chi connectivity index (χ0n) is 24.6. The summed E-state index contributed by atoms with van der Waals surface area (Å²) in [6.07, 6.45) is 15.4. The molecule has 1 atom stereocenters. The fraction of sp³-hybridized carbons (Fsp3) is 0.500. The van der Waals surface area contributed by atoms with Crippen molar-refractivity contribution in [3.05, 3.63) is 60.9 Å². The normalized spacial score (nSPS) is 11.7. The van der Waals surface area contributed by atoms with E-state index in [0.29, 0.717) is 31.2 Å². The molecular formula is C34H46N2O4.